The average Bonchev–Trinajstić information content (AvgIpc) is 3.80. The highest BCUT2D eigenvalue weighted by Crippen LogP contribution is 2.56. The zero-order valence-electron chi connectivity index (χ0n) is 24.8. The molecule has 2 atom stereocenters. The van der Waals surface area contributed by atoms with E-state index < -0.39 is 27.5 Å². The van der Waals surface area contributed by atoms with E-state index in [-0.39, 0.29) is 17.2 Å². The van der Waals surface area contributed by atoms with Gasteiger partial charge < -0.3 is 24.3 Å². The molecule has 1 saturated heterocycles. The Labute approximate surface area is 266 Å². The topological polar surface area (TPSA) is 134 Å². The fraction of sp³-hybridized carbons (Fsp3) is 0.312. The van der Waals surface area contributed by atoms with Gasteiger partial charge in [0.2, 0.25) is 5.89 Å². The summed E-state index contributed by atoms with van der Waals surface area (Å²) in [6.07, 6.45) is 4.35. The Morgan fingerprint density at radius 3 is 2.58 bits per heavy atom. The number of carbonyl (C=O) groups is 1. The number of carbonyl (C=O) groups excluding carboxylic acids is 1. The SMILES string of the molecule is COc1ccc(S(=O)(=O)N2C(=O)C(c3cc(CNCCO)ccc3OC)(N3CCCC3c3ncco3)c3cc(Cl)ccc32)cc1. The number of aliphatic hydroxyl groups is 1. The fourth-order valence-corrected chi connectivity index (χ4v) is 8.05. The lowest BCUT2D eigenvalue weighted by Crippen LogP contribution is -2.54. The predicted octanol–water partition coefficient (Wildman–Crippen LogP) is 4.24. The van der Waals surface area contributed by atoms with Crippen LogP contribution in [0.1, 0.15) is 41.5 Å². The van der Waals surface area contributed by atoms with Gasteiger partial charge in [0, 0.05) is 35.8 Å². The predicted molar refractivity (Wildman–Crippen MR) is 167 cm³/mol. The molecule has 0 radical (unpaired) electrons. The average molecular weight is 653 g/mol. The summed E-state index contributed by atoms with van der Waals surface area (Å²) >= 11 is 6.62. The first-order valence-electron chi connectivity index (χ1n) is 14.5. The summed E-state index contributed by atoms with van der Waals surface area (Å²) in [5, 5.41) is 12.8. The summed E-state index contributed by atoms with van der Waals surface area (Å²) in [6, 6.07) is 15.7. The van der Waals surface area contributed by atoms with Gasteiger partial charge >= 0.3 is 0 Å². The van der Waals surface area contributed by atoms with Crippen LogP contribution in [-0.4, -0.2) is 63.2 Å². The number of amides is 1. The van der Waals surface area contributed by atoms with Gasteiger partial charge in [-0.15, -0.1) is 0 Å². The number of hydrogen-bond acceptors (Lipinski definition) is 10. The van der Waals surface area contributed by atoms with Gasteiger partial charge in [0.05, 0.1) is 43.6 Å². The minimum atomic E-state index is -4.43. The van der Waals surface area contributed by atoms with Gasteiger partial charge in [-0.05, 0) is 73.0 Å². The molecular formula is C32H33ClN4O7S. The first-order valence-corrected chi connectivity index (χ1v) is 16.3. The highest BCUT2D eigenvalue weighted by Gasteiger charge is 2.62. The smallest absolute Gasteiger partial charge is 0.271 e. The standard InChI is InChI=1S/C32H33ClN4O7S/c1-42-23-7-9-24(10-8-23)45(40,41)37-27-11-6-22(33)19-25(27)32(31(37)39,36-15-3-4-28(36)30-35-14-17-44-30)26-18-21(20-34-13-16-38)5-12-29(26)43-2/h5-12,14,17-19,28,34,38H,3-4,13,15-16,20H2,1-2H3. The number of benzene rings is 3. The first-order chi connectivity index (χ1) is 21.8. The summed E-state index contributed by atoms with van der Waals surface area (Å²) in [5.74, 6) is 0.583. The van der Waals surface area contributed by atoms with E-state index in [1.54, 1.807) is 30.5 Å². The van der Waals surface area contributed by atoms with Crippen LogP contribution in [0, 0.1) is 0 Å². The number of nitrogens with zero attached hydrogens (tertiary/aromatic N) is 3. The molecule has 3 aromatic carbocycles. The lowest BCUT2D eigenvalue weighted by molar-refractivity contribution is -0.127. The molecule has 0 spiro atoms. The highest BCUT2D eigenvalue weighted by atomic mass is 35.5. The van der Waals surface area contributed by atoms with Crippen molar-refractivity contribution in [1.82, 2.24) is 15.2 Å². The highest BCUT2D eigenvalue weighted by molar-refractivity contribution is 7.93. The van der Waals surface area contributed by atoms with Crippen LogP contribution in [0.5, 0.6) is 11.5 Å². The van der Waals surface area contributed by atoms with Crippen molar-refractivity contribution < 1.29 is 32.2 Å². The molecule has 45 heavy (non-hydrogen) atoms. The third-order valence-electron chi connectivity index (χ3n) is 8.35. The van der Waals surface area contributed by atoms with Crippen molar-refractivity contribution >= 4 is 33.2 Å². The number of hydrogen-bond donors (Lipinski definition) is 2. The van der Waals surface area contributed by atoms with Gasteiger partial charge in [-0.25, -0.2) is 17.7 Å². The van der Waals surface area contributed by atoms with Gasteiger partial charge in [0.15, 0.2) is 5.54 Å². The number of nitrogens with one attached hydrogen (secondary N) is 1. The van der Waals surface area contributed by atoms with E-state index in [1.807, 2.05) is 17.0 Å². The Kier molecular flexibility index (Phi) is 8.59. The lowest BCUT2D eigenvalue weighted by Gasteiger charge is -2.41. The van der Waals surface area contributed by atoms with Crippen molar-refractivity contribution in [2.75, 3.05) is 38.2 Å². The first kappa shape index (κ1) is 31.1. The molecule has 2 N–H and O–H groups in total. The number of sulfonamides is 1. The number of aromatic nitrogens is 1. The Balaban J connectivity index is 1.64. The molecule has 236 valence electrons. The number of ether oxygens (including phenoxy) is 2. The van der Waals surface area contributed by atoms with Crippen LogP contribution >= 0.6 is 11.6 Å². The Hall–Kier alpha value is -3.94. The van der Waals surface area contributed by atoms with E-state index in [0.717, 1.165) is 9.87 Å². The van der Waals surface area contributed by atoms with E-state index in [1.165, 1.54) is 44.7 Å². The van der Waals surface area contributed by atoms with Crippen LogP contribution < -0.4 is 19.1 Å². The van der Waals surface area contributed by atoms with Gasteiger partial charge in [-0.2, -0.15) is 0 Å². The normalized spacial score (nSPS) is 20.0. The molecule has 0 bridgehead atoms. The second-order valence-corrected chi connectivity index (χ2v) is 13.0. The third kappa shape index (κ3) is 5.16. The van der Waals surface area contributed by atoms with E-state index in [9.17, 15) is 13.5 Å². The molecule has 4 aromatic rings. The Morgan fingerprint density at radius 2 is 1.89 bits per heavy atom. The maximum absolute atomic E-state index is 15.4. The molecule has 2 aliphatic heterocycles. The minimum Gasteiger partial charge on any atom is -0.497 e. The monoisotopic (exact) mass is 652 g/mol. The summed E-state index contributed by atoms with van der Waals surface area (Å²) in [4.78, 5) is 21.7. The number of rotatable bonds is 11. The zero-order valence-corrected chi connectivity index (χ0v) is 26.3. The molecule has 11 nitrogen and oxygen atoms in total. The van der Waals surface area contributed by atoms with Crippen molar-refractivity contribution in [3.63, 3.8) is 0 Å². The van der Waals surface area contributed by atoms with Crippen molar-refractivity contribution in [2.45, 2.75) is 35.9 Å². The number of fused-ring (bicyclic) bond motifs is 1. The van der Waals surface area contributed by atoms with Gasteiger partial charge in [-0.3, -0.25) is 9.69 Å². The second-order valence-electron chi connectivity index (χ2n) is 10.8. The number of anilines is 1. The summed E-state index contributed by atoms with van der Waals surface area (Å²) < 4.78 is 46.7. The molecule has 0 saturated carbocycles. The third-order valence-corrected chi connectivity index (χ3v) is 10.3. The molecule has 1 amide bonds. The molecule has 6 rings (SSSR count). The van der Waals surface area contributed by atoms with Gasteiger partial charge in [0.25, 0.3) is 15.9 Å². The number of likely N-dealkylation sites (tertiary alicyclic amines) is 1. The van der Waals surface area contributed by atoms with Gasteiger partial charge in [0.1, 0.15) is 17.8 Å². The quantitative estimate of drug-likeness (QED) is 0.227. The van der Waals surface area contributed by atoms with Crippen molar-refractivity contribution in [1.29, 1.82) is 0 Å². The summed E-state index contributed by atoms with van der Waals surface area (Å²) in [5.41, 5.74) is 0.137. The van der Waals surface area contributed by atoms with E-state index in [4.69, 9.17) is 25.5 Å². The van der Waals surface area contributed by atoms with Crippen LogP contribution in [0.2, 0.25) is 5.02 Å². The van der Waals surface area contributed by atoms with Crippen LogP contribution in [-0.2, 0) is 26.9 Å². The van der Waals surface area contributed by atoms with Crippen LogP contribution in [0.3, 0.4) is 0 Å². The maximum Gasteiger partial charge on any atom is 0.271 e. The van der Waals surface area contributed by atoms with Crippen LogP contribution in [0.25, 0.3) is 0 Å². The molecular weight excluding hydrogens is 620 g/mol. The minimum absolute atomic E-state index is 0.0406. The van der Waals surface area contributed by atoms with Crippen molar-refractivity contribution in [2.24, 2.45) is 0 Å². The largest absolute Gasteiger partial charge is 0.497 e. The maximum atomic E-state index is 15.4. The summed E-state index contributed by atoms with van der Waals surface area (Å²) in [7, 11) is -1.43. The Bertz CT molecular complexity index is 1800. The number of oxazole rings is 1. The number of aliphatic hydroxyl groups excluding tert-OH is 1. The van der Waals surface area contributed by atoms with E-state index >= 15 is 4.79 Å². The van der Waals surface area contributed by atoms with E-state index in [2.05, 4.69) is 10.3 Å². The molecule has 3 heterocycles. The van der Waals surface area contributed by atoms with Crippen LogP contribution in [0.4, 0.5) is 5.69 Å². The fourth-order valence-electron chi connectivity index (χ4n) is 6.41. The molecule has 0 aliphatic carbocycles. The Morgan fingerprint density at radius 1 is 1.09 bits per heavy atom. The molecule has 1 fully saturated rings. The summed E-state index contributed by atoms with van der Waals surface area (Å²) in [6.45, 7) is 1.15. The van der Waals surface area contributed by atoms with Crippen LogP contribution in [0.15, 0.2) is 82.4 Å². The van der Waals surface area contributed by atoms with E-state index in [0.29, 0.717) is 66.0 Å². The number of methoxy groups -OCH3 is 2. The lowest BCUT2D eigenvalue weighted by atomic mass is 9.80. The molecule has 1 aromatic heterocycles. The molecule has 2 aliphatic rings. The van der Waals surface area contributed by atoms with Crippen molar-refractivity contribution in [3.8, 4) is 11.5 Å². The number of halogens is 1. The van der Waals surface area contributed by atoms with Crippen molar-refractivity contribution in [3.05, 3.63) is 101 Å². The zero-order chi connectivity index (χ0) is 31.8. The van der Waals surface area contributed by atoms with Gasteiger partial charge in [-0.1, -0.05) is 17.7 Å². The molecule has 13 heteroatoms. The molecule has 2 unspecified atom stereocenters. The second kappa shape index (κ2) is 12.5.